The van der Waals surface area contributed by atoms with Crippen molar-refractivity contribution in [3.63, 3.8) is 0 Å². The molecule has 37 heavy (non-hydrogen) atoms. The van der Waals surface area contributed by atoms with Gasteiger partial charge in [0, 0.05) is 23.7 Å². The van der Waals surface area contributed by atoms with Gasteiger partial charge in [0.25, 0.3) is 0 Å². The second-order valence-electron chi connectivity index (χ2n) is 13.2. The molecule has 0 spiro atoms. The minimum atomic E-state index is -1.89. The van der Waals surface area contributed by atoms with Crippen molar-refractivity contribution in [3.05, 3.63) is 11.6 Å². The van der Waals surface area contributed by atoms with Crippen LogP contribution in [0, 0.1) is 33.0 Å². The van der Waals surface area contributed by atoms with Crippen LogP contribution in [0.4, 0.5) is 0 Å². The predicted octanol–water partition coefficient (Wildman–Crippen LogP) is 2.48. The zero-order valence-electron chi connectivity index (χ0n) is 22.6. The molecule has 3 saturated carbocycles. The highest BCUT2D eigenvalue weighted by molar-refractivity contribution is 6.31. The number of ketones is 2. The molecule has 0 N–H and O–H groups in total. The van der Waals surface area contributed by atoms with Crippen LogP contribution in [0.1, 0.15) is 67.7 Å². The van der Waals surface area contributed by atoms with E-state index in [-0.39, 0.29) is 12.3 Å². The molecule has 5 fully saturated rings. The first kappa shape index (κ1) is 24.8. The number of hydrogen-bond donors (Lipinski definition) is 0. The van der Waals surface area contributed by atoms with E-state index in [1.165, 1.54) is 21.0 Å². The fraction of sp³-hybridized carbons (Fsp3) is 0.750. The quantitative estimate of drug-likeness (QED) is 0.237. The highest BCUT2D eigenvalue weighted by Crippen LogP contribution is 2.82. The molecule has 2 saturated heterocycles. The largest absolute Gasteiger partial charge is 0.468 e. The zero-order chi connectivity index (χ0) is 27.4. The molecular formula is C28H34O9. The number of methoxy groups -OCH3 is 1. The molecule has 0 amide bonds. The lowest BCUT2D eigenvalue weighted by molar-refractivity contribution is -0.228. The summed E-state index contributed by atoms with van der Waals surface area (Å²) in [4.78, 5) is 68.0. The Balaban J connectivity index is 1.67. The molecule has 9 heteroatoms. The fourth-order valence-corrected chi connectivity index (χ4v) is 10.2. The lowest BCUT2D eigenvalue weighted by Gasteiger charge is -2.67. The number of carbonyl (C=O) groups is 5. The Morgan fingerprint density at radius 1 is 1.03 bits per heavy atom. The number of Topliss-reactive ketones (excluding diaryl/α,β-unsaturated/α-hetero) is 2. The van der Waals surface area contributed by atoms with Gasteiger partial charge in [0.05, 0.1) is 23.5 Å². The number of esters is 3. The molecule has 200 valence electrons. The Bertz CT molecular complexity index is 1260. The van der Waals surface area contributed by atoms with Crippen molar-refractivity contribution in [2.45, 2.75) is 91.1 Å². The lowest BCUT2D eigenvalue weighted by Crippen LogP contribution is -2.75. The van der Waals surface area contributed by atoms with Gasteiger partial charge in [-0.25, -0.2) is 0 Å². The number of hydrogen-bond acceptors (Lipinski definition) is 9. The zero-order valence-corrected chi connectivity index (χ0v) is 22.6. The van der Waals surface area contributed by atoms with Crippen LogP contribution in [0.5, 0.6) is 0 Å². The van der Waals surface area contributed by atoms with E-state index in [0.717, 1.165) is 0 Å². The smallest absolute Gasteiger partial charge is 0.321 e. The fourth-order valence-electron chi connectivity index (χ4n) is 10.2. The molecule has 6 rings (SSSR count). The van der Waals surface area contributed by atoms with Crippen molar-refractivity contribution in [2.24, 2.45) is 33.0 Å². The summed E-state index contributed by atoms with van der Waals surface area (Å²) in [6.45, 7) is 11.9. The van der Waals surface area contributed by atoms with Crippen molar-refractivity contribution >= 4 is 29.5 Å². The van der Waals surface area contributed by atoms with E-state index < -0.39 is 80.0 Å². The Hall–Kier alpha value is -2.55. The van der Waals surface area contributed by atoms with E-state index in [4.69, 9.17) is 18.9 Å². The van der Waals surface area contributed by atoms with E-state index in [2.05, 4.69) is 0 Å². The molecule has 4 aliphatic carbocycles. The summed E-state index contributed by atoms with van der Waals surface area (Å²) in [5.74, 6) is -3.00. The highest BCUT2D eigenvalue weighted by Gasteiger charge is 2.94. The topological polar surface area (TPSA) is 122 Å². The van der Waals surface area contributed by atoms with Gasteiger partial charge in [0.15, 0.2) is 22.6 Å². The third-order valence-corrected chi connectivity index (χ3v) is 11.5. The summed E-state index contributed by atoms with van der Waals surface area (Å²) in [6.07, 6.45) is 1.66. The van der Waals surface area contributed by atoms with Gasteiger partial charge in [-0.2, -0.15) is 0 Å². The second kappa shape index (κ2) is 6.35. The van der Waals surface area contributed by atoms with Gasteiger partial charge in [-0.1, -0.05) is 26.8 Å². The molecule has 0 aromatic carbocycles. The third-order valence-electron chi connectivity index (χ3n) is 11.5. The molecule has 0 aromatic rings. The van der Waals surface area contributed by atoms with Crippen LogP contribution in [0.3, 0.4) is 0 Å². The van der Waals surface area contributed by atoms with Crippen molar-refractivity contribution in [3.8, 4) is 0 Å². The Labute approximate surface area is 215 Å². The van der Waals surface area contributed by atoms with E-state index in [1.54, 1.807) is 13.8 Å². The average molecular weight is 515 g/mol. The first-order valence-electron chi connectivity index (χ1n) is 13.0. The van der Waals surface area contributed by atoms with E-state index in [1.807, 2.05) is 26.8 Å². The standard InChI is InChI=1S/C28H34O9/c1-13(29)35-16-9-10-27-15-12-24(5)26(7)18(30)25(6,37-24)19(31)28(26,21(33)34-8)23(15,4)11-14(36-20(27)32)17(27)22(16,2)3/h12,14,16-17H,9-11H2,1-8H3/t14-,16-,17+,23-,24+,25+,26+,27+,28+/m0/s1. The molecule has 2 aliphatic heterocycles. The second-order valence-corrected chi connectivity index (χ2v) is 13.2. The number of fused-ring (bicyclic) bond motifs is 3. The first-order valence-corrected chi connectivity index (χ1v) is 13.0. The van der Waals surface area contributed by atoms with Crippen molar-refractivity contribution in [1.29, 1.82) is 0 Å². The van der Waals surface area contributed by atoms with Gasteiger partial charge in [-0.15, -0.1) is 0 Å². The van der Waals surface area contributed by atoms with E-state index in [0.29, 0.717) is 18.4 Å². The van der Waals surface area contributed by atoms with Gasteiger partial charge in [0.1, 0.15) is 12.2 Å². The Morgan fingerprint density at radius 3 is 2.24 bits per heavy atom. The molecular weight excluding hydrogens is 480 g/mol. The molecule has 0 aromatic heterocycles. The molecule has 0 radical (unpaired) electrons. The molecule has 4 bridgehead atoms. The highest BCUT2D eigenvalue weighted by atomic mass is 16.6. The van der Waals surface area contributed by atoms with Crippen LogP contribution in [0.2, 0.25) is 0 Å². The van der Waals surface area contributed by atoms with Crippen LogP contribution in [0.15, 0.2) is 11.6 Å². The van der Waals surface area contributed by atoms with Crippen LogP contribution >= 0.6 is 0 Å². The van der Waals surface area contributed by atoms with Gasteiger partial charge in [-0.05, 0) is 45.6 Å². The monoisotopic (exact) mass is 514 g/mol. The van der Waals surface area contributed by atoms with Gasteiger partial charge in [-0.3, -0.25) is 24.0 Å². The van der Waals surface area contributed by atoms with Crippen LogP contribution < -0.4 is 0 Å². The summed E-state index contributed by atoms with van der Waals surface area (Å²) in [6, 6.07) is 0. The minimum Gasteiger partial charge on any atom is -0.468 e. The summed E-state index contributed by atoms with van der Waals surface area (Å²) in [5, 5.41) is 0. The van der Waals surface area contributed by atoms with Crippen molar-refractivity contribution in [1.82, 2.24) is 0 Å². The molecule has 9 atom stereocenters. The average Bonchev–Trinajstić information content (AvgIpc) is 3.19. The predicted molar refractivity (Wildman–Crippen MR) is 126 cm³/mol. The van der Waals surface area contributed by atoms with E-state index in [9.17, 15) is 24.0 Å². The van der Waals surface area contributed by atoms with Crippen molar-refractivity contribution in [2.75, 3.05) is 7.11 Å². The number of rotatable bonds is 2. The van der Waals surface area contributed by atoms with Crippen LogP contribution in [0.25, 0.3) is 0 Å². The third kappa shape index (κ3) is 2.07. The maximum atomic E-state index is 14.4. The van der Waals surface area contributed by atoms with E-state index >= 15 is 0 Å². The summed E-state index contributed by atoms with van der Waals surface area (Å²) in [5.41, 5.74) is -8.99. The molecule has 0 unspecified atom stereocenters. The first-order chi connectivity index (χ1) is 17.0. The van der Waals surface area contributed by atoms with Crippen LogP contribution in [-0.4, -0.2) is 60.0 Å². The number of carbonyl (C=O) groups excluding carboxylic acids is 5. The van der Waals surface area contributed by atoms with Crippen LogP contribution in [-0.2, 0) is 42.9 Å². The molecule has 2 heterocycles. The Kier molecular flexibility index (Phi) is 4.25. The summed E-state index contributed by atoms with van der Waals surface area (Å²) >= 11 is 0. The maximum Gasteiger partial charge on any atom is 0.321 e. The molecule has 6 aliphatic rings. The maximum absolute atomic E-state index is 14.4. The van der Waals surface area contributed by atoms with Gasteiger partial charge in [0.2, 0.25) is 0 Å². The Morgan fingerprint density at radius 2 is 1.68 bits per heavy atom. The molecule has 9 nitrogen and oxygen atoms in total. The van der Waals surface area contributed by atoms with Crippen molar-refractivity contribution < 1.29 is 42.9 Å². The lowest BCUT2D eigenvalue weighted by atomic mass is 9.34. The van der Waals surface area contributed by atoms with Gasteiger partial charge < -0.3 is 18.9 Å². The summed E-state index contributed by atoms with van der Waals surface area (Å²) in [7, 11) is 1.22. The minimum absolute atomic E-state index is 0.156. The SMILES string of the molecule is COC(=O)[C@]12C(=O)[C@]3(C)O[C@](C)(C=C4[C@]56CC[C@H](OC(C)=O)C(C)(C)[C@H]5[C@H](C[C@@]41C)OC6=O)[C@@]2(C)C3=O. The number of ether oxygens (including phenoxy) is 4. The summed E-state index contributed by atoms with van der Waals surface area (Å²) < 4.78 is 23.4. The normalized spacial score (nSPS) is 52.2. The van der Waals surface area contributed by atoms with Gasteiger partial charge >= 0.3 is 17.9 Å².